The highest BCUT2D eigenvalue weighted by Gasteiger charge is 2.22. The molecule has 0 aliphatic heterocycles. The van der Waals surface area contributed by atoms with Gasteiger partial charge in [-0.05, 0) is 37.3 Å². The third-order valence-electron chi connectivity index (χ3n) is 4.95. The van der Waals surface area contributed by atoms with Crippen LogP contribution in [0, 0.1) is 6.92 Å². The summed E-state index contributed by atoms with van der Waals surface area (Å²) in [6.07, 6.45) is 0. The van der Waals surface area contributed by atoms with E-state index < -0.39 is 0 Å². The van der Waals surface area contributed by atoms with Crippen molar-refractivity contribution in [2.45, 2.75) is 13.5 Å². The van der Waals surface area contributed by atoms with Crippen LogP contribution in [0.4, 0.5) is 5.82 Å². The van der Waals surface area contributed by atoms with E-state index >= 15 is 0 Å². The molecular weight excluding hydrogens is 362 g/mol. The van der Waals surface area contributed by atoms with E-state index in [9.17, 15) is 4.79 Å². The van der Waals surface area contributed by atoms with E-state index in [1.165, 1.54) is 12.7 Å². The van der Waals surface area contributed by atoms with Crippen LogP contribution in [-0.2, 0) is 11.3 Å². The Bertz CT molecular complexity index is 1200. The Morgan fingerprint density at radius 1 is 1.00 bits per heavy atom. The number of aryl methyl sites for hydroxylation is 1. The number of esters is 1. The van der Waals surface area contributed by atoms with E-state index in [2.05, 4.69) is 42.4 Å². The Balaban J connectivity index is 1.89. The average Bonchev–Trinajstić information content (AvgIpc) is 2.75. The number of hydrogen-bond donors (Lipinski definition) is 1. The first-order valence-corrected chi connectivity index (χ1v) is 9.39. The zero-order chi connectivity index (χ0) is 20.4. The van der Waals surface area contributed by atoms with Gasteiger partial charge in [0.15, 0.2) is 12.4 Å². The Morgan fingerprint density at radius 3 is 2.45 bits per heavy atom. The number of methoxy groups -OCH3 is 1. The smallest absolute Gasteiger partial charge is 0.337 e. The van der Waals surface area contributed by atoms with Gasteiger partial charge in [-0.1, -0.05) is 52.7 Å². The fourth-order valence-corrected chi connectivity index (χ4v) is 3.50. The summed E-state index contributed by atoms with van der Waals surface area (Å²) in [6, 6.07) is 23.7. The first-order valence-electron chi connectivity index (χ1n) is 9.39. The number of aromatic nitrogens is 2. The fourth-order valence-electron chi connectivity index (χ4n) is 3.50. The van der Waals surface area contributed by atoms with Crippen LogP contribution in [0.5, 0.6) is 0 Å². The molecule has 2 N–H and O–H groups in total. The molecule has 0 saturated heterocycles. The summed E-state index contributed by atoms with van der Waals surface area (Å²) < 4.78 is 6.74. The van der Waals surface area contributed by atoms with Crippen LogP contribution >= 0.6 is 0 Å². The molecule has 0 spiro atoms. The lowest BCUT2D eigenvalue weighted by atomic mass is 10.0. The van der Waals surface area contributed by atoms with Gasteiger partial charge in [0.05, 0.1) is 18.1 Å². The molecule has 1 aromatic heterocycles. The van der Waals surface area contributed by atoms with Crippen LogP contribution in [0.25, 0.3) is 22.0 Å². The molecule has 0 bridgehead atoms. The number of nitrogens with two attached hydrogens (primary N) is 1. The van der Waals surface area contributed by atoms with Crippen molar-refractivity contribution < 1.29 is 14.2 Å². The number of carbonyl (C=O) groups is 1. The van der Waals surface area contributed by atoms with Crippen LogP contribution in [0.15, 0.2) is 72.8 Å². The lowest BCUT2D eigenvalue weighted by Gasteiger charge is -2.09. The van der Waals surface area contributed by atoms with Gasteiger partial charge in [-0.25, -0.2) is 4.79 Å². The SMILES string of the molecule is COC(=O)c1cccc(C[n+]2nc(N)c3ccccc3c2-c2ccc(C)cc2)c1. The molecule has 144 valence electrons. The molecule has 0 aliphatic carbocycles. The van der Waals surface area contributed by atoms with Crippen LogP contribution in [0.3, 0.4) is 0 Å². The van der Waals surface area contributed by atoms with Crippen molar-refractivity contribution >= 4 is 22.6 Å². The Hall–Kier alpha value is -3.73. The van der Waals surface area contributed by atoms with Gasteiger partial charge in [0.25, 0.3) is 0 Å². The third-order valence-corrected chi connectivity index (χ3v) is 4.95. The Morgan fingerprint density at radius 2 is 1.72 bits per heavy atom. The van der Waals surface area contributed by atoms with Gasteiger partial charge in [0.1, 0.15) is 0 Å². The zero-order valence-electron chi connectivity index (χ0n) is 16.4. The average molecular weight is 384 g/mol. The summed E-state index contributed by atoms with van der Waals surface area (Å²) >= 11 is 0. The number of fused-ring (bicyclic) bond motifs is 1. The molecule has 0 unspecified atom stereocenters. The maximum atomic E-state index is 11.9. The zero-order valence-corrected chi connectivity index (χ0v) is 16.4. The summed E-state index contributed by atoms with van der Waals surface area (Å²) in [5.41, 5.74) is 11.0. The van der Waals surface area contributed by atoms with Crippen LogP contribution in [0.1, 0.15) is 21.5 Å². The Labute approximate surface area is 169 Å². The molecule has 29 heavy (non-hydrogen) atoms. The van der Waals surface area contributed by atoms with Gasteiger partial charge in [-0.2, -0.15) is 0 Å². The molecule has 1 heterocycles. The monoisotopic (exact) mass is 384 g/mol. The number of nitrogen functional groups attached to an aromatic ring is 1. The summed E-state index contributed by atoms with van der Waals surface area (Å²) in [5, 5.41) is 6.62. The van der Waals surface area contributed by atoms with E-state index in [-0.39, 0.29) is 5.97 Å². The minimum Gasteiger partial charge on any atom is -0.465 e. The standard InChI is InChI=1S/C24H22N3O2/c1-16-10-12-18(13-11-16)22-20-8-3-4-9-21(20)23(25)26-27(22)15-17-6-5-7-19(14-17)24(28)29-2/h3-14H,15H2,1-2H3,(H2,25,26)/q+1. The summed E-state index contributed by atoms with van der Waals surface area (Å²) in [7, 11) is 1.38. The number of carbonyl (C=O) groups excluding carboxylic acids is 1. The number of nitrogens with zero attached hydrogens (tertiary/aromatic N) is 2. The largest absolute Gasteiger partial charge is 0.465 e. The second kappa shape index (κ2) is 7.72. The van der Waals surface area contributed by atoms with Gasteiger partial charge in [-0.15, -0.1) is 0 Å². The van der Waals surface area contributed by atoms with E-state index in [1.54, 1.807) is 6.07 Å². The van der Waals surface area contributed by atoms with Crippen LogP contribution in [-0.4, -0.2) is 18.2 Å². The molecule has 0 atom stereocenters. The first kappa shape index (κ1) is 18.6. The summed E-state index contributed by atoms with van der Waals surface area (Å²) in [4.78, 5) is 11.9. The van der Waals surface area contributed by atoms with Gasteiger partial charge < -0.3 is 10.5 Å². The number of hydrogen-bond acceptors (Lipinski definition) is 4. The summed E-state index contributed by atoms with van der Waals surface area (Å²) in [6.45, 7) is 2.54. The van der Waals surface area contributed by atoms with E-state index in [4.69, 9.17) is 10.5 Å². The van der Waals surface area contributed by atoms with Crippen molar-refractivity contribution in [3.63, 3.8) is 0 Å². The van der Waals surface area contributed by atoms with Crippen molar-refractivity contribution in [2.24, 2.45) is 0 Å². The van der Waals surface area contributed by atoms with E-state index in [0.29, 0.717) is 17.9 Å². The molecule has 0 saturated carbocycles. The first-order chi connectivity index (χ1) is 14.1. The van der Waals surface area contributed by atoms with E-state index in [1.807, 2.05) is 41.1 Å². The quantitative estimate of drug-likeness (QED) is 0.428. The maximum Gasteiger partial charge on any atom is 0.337 e. The van der Waals surface area contributed by atoms with Crippen molar-refractivity contribution in [3.05, 3.63) is 89.5 Å². The van der Waals surface area contributed by atoms with Gasteiger partial charge in [-0.3, -0.25) is 0 Å². The number of benzene rings is 3. The molecule has 0 radical (unpaired) electrons. The number of rotatable bonds is 4. The summed E-state index contributed by atoms with van der Waals surface area (Å²) in [5.74, 6) is 0.113. The van der Waals surface area contributed by atoms with Crippen LogP contribution < -0.4 is 10.4 Å². The van der Waals surface area contributed by atoms with Crippen molar-refractivity contribution in [3.8, 4) is 11.3 Å². The molecule has 5 heteroatoms. The number of anilines is 1. The predicted octanol–water partition coefficient (Wildman–Crippen LogP) is 3.91. The molecule has 4 rings (SSSR count). The van der Waals surface area contributed by atoms with Crippen molar-refractivity contribution in [1.82, 2.24) is 5.10 Å². The van der Waals surface area contributed by atoms with Gasteiger partial charge >= 0.3 is 5.97 Å². The molecule has 0 fully saturated rings. The highest BCUT2D eigenvalue weighted by atomic mass is 16.5. The molecule has 3 aromatic carbocycles. The van der Waals surface area contributed by atoms with Gasteiger partial charge in [0.2, 0.25) is 5.69 Å². The third kappa shape index (κ3) is 3.67. The second-order valence-electron chi connectivity index (χ2n) is 7.00. The second-order valence-corrected chi connectivity index (χ2v) is 7.00. The maximum absolute atomic E-state index is 11.9. The molecule has 5 nitrogen and oxygen atoms in total. The lowest BCUT2D eigenvalue weighted by Crippen LogP contribution is -2.42. The highest BCUT2D eigenvalue weighted by Crippen LogP contribution is 2.28. The topological polar surface area (TPSA) is 69.1 Å². The number of ether oxygens (including phenoxy) is 1. The molecular formula is C24H22N3O2+. The molecule has 4 aromatic rings. The Kier molecular flexibility index (Phi) is 4.96. The predicted molar refractivity (Wildman–Crippen MR) is 113 cm³/mol. The molecule has 0 aliphatic rings. The minimum absolute atomic E-state index is 0.360. The highest BCUT2D eigenvalue weighted by molar-refractivity contribution is 5.98. The van der Waals surface area contributed by atoms with E-state index in [0.717, 1.165) is 27.6 Å². The minimum atomic E-state index is -0.360. The fraction of sp³-hybridized carbons (Fsp3) is 0.125. The lowest BCUT2D eigenvalue weighted by molar-refractivity contribution is -0.733. The van der Waals surface area contributed by atoms with Crippen molar-refractivity contribution in [2.75, 3.05) is 12.8 Å². The normalized spacial score (nSPS) is 10.8. The molecule has 0 amide bonds. The van der Waals surface area contributed by atoms with Crippen molar-refractivity contribution in [1.29, 1.82) is 0 Å². The van der Waals surface area contributed by atoms with Gasteiger partial charge in [0, 0.05) is 21.6 Å². The van der Waals surface area contributed by atoms with Crippen LogP contribution in [0.2, 0.25) is 0 Å².